The van der Waals surface area contributed by atoms with Crippen LogP contribution in [0.3, 0.4) is 0 Å². The Bertz CT molecular complexity index is 610. The van der Waals surface area contributed by atoms with Gasteiger partial charge >= 0.3 is 19.7 Å². The van der Waals surface area contributed by atoms with Crippen molar-refractivity contribution in [3.63, 3.8) is 0 Å². The van der Waals surface area contributed by atoms with Gasteiger partial charge in [0, 0.05) is 47.5 Å². The van der Waals surface area contributed by atoms with Crippen LogP contribution in [0.1, 0.15) is 0 Å². The van der Waals surface area contributed by atoms with E-state index in [-0.39, 0.29) is 11.2 Å². The van der Waals surface area contributed by atoms with Crippen LogP contribution in [0.2, 0.25) is 0 Å². The van der Waals surface area contributed by atoms with Gasteiger partial charge in [-0.25, -0.2) is 8.78 Å². The molecule has 1 heterocycles. The van der Waals surface area contributed by atoms with E-state index >= 15 is 0 Å². The minimum Gasteiger partial charge on any atom is -0.207 e. The Morgan fingerprint density at radius 1 is 0.923 bits per heavy atom. The molecule has 2 rings (SSSR count). The van der Waals surface area contributed by atoms with E-state index in [9.17, 15) is 26.5 Å². The van der Waals surface area contributed by atoms with Gasteiger partial charge in [0.25, 0.3) is 0 Å². The van der Waals surface area contributed by atoms with Gasteiger partial charge in [-0.3, -0.25) is 0 Å². The highest BCUT2D eigenvalue weighted by Gasteiger charge is 2.76. The zero-order chi connectivity index (χ0) is 20.2. The fraction of sp³-hybridized carbons (Fsp3) is 0.667. The summed E-state index contributed by atoms with van der Waals surface area (Å²) in [5, 5.41) is -2.72. The maximum Gasteiger partial charge on any atom is 0.403 e. The molecule has 0 aromatic heterocycles. The van der Waals surface area contributed by atoms with Gasteiger partial charge in [-0.15, -0.1) is 18.5 Å². The summed E-state index contributed by atoms with van der Waals surface area (Å²) in [5.74, 6) is -11.7. The van der Waals surface area contributed by atoms with E-state index in [0.29, 0.717) is 6.08 Å². The molecule has 14 heteroatoms. The molecule has 0 aromatic carbocycles. The standard InChI is InChI=1S/C12H20F6N6OP/c1-19(2)26(20(3)4,21(5)6)25-22-10-8-7-9(13)11(14,15)12(10,16)23(17)24(22)18/h7-8H,1-6H3/q+1. The molecule has 0 spiro atoms. The molecule has 1 aliphatic heterocycles. The van der Waals surface area contributed by atoms with Crippen LogP contribution < -0.4 is 0 Å². The van der Waals surface area contributed by atoms with E-state index in [4.69, 9.17) is 4.62 Å². The first kappa shape index (κ1) is 21.4. The number of halogens is 6. The lowest BCUT2D eigenvalue weighted by Gasteiger charge is -2.38. The molecule has 0 bridgehead atoms. The van der Waals surface area contributed by atoms with Crippen molar-refractivity contribution in [1.29, 1.82) is 0 Å². The molecule has 150 valence electrons. The zero-order valence-corrected chi connectivity index (χ0v) is 15.9. The Kier molecular flexibility index (Phi) is 5.41. The third kappa shape index (κ3) is 2.57. The van der Waals surface area contributed by atoms with Gasteiger partial charge in [0.1, 0.15) is 5.70 Å². The topological polar surface area (TPSA) is 28.7 Å². The summed E-state index contributed by atoms with van der Waals surface area (Å²) in [6.07, 6.45) is 0.728. The van der Waals surface area contributed by atoms with Crippen molar-refractivity contribution in [2.24, 2.45) is 0 Å². The van der Waals surface area contributed by atoms with Gasteiger partial charge in [-0.2, -0.15) is 8.78 Å². The lowest BCUT2D eigenvalue weighted by molar-refractivity contribution is -0.422. The summed E-state index contributed by atoms with van der Waals surface area (Å²) in [5.41, 5.74) is -1.25. The highest BCUT2D eigenvalue weighted by atomic mass is 31.2. The molecule has 0 N–H and O–H groups in total. The molecule has 1 unspecified atom stereocenters. The molecule has 2 aliphatic rings. The van der Waals surface area contributed by atoms with E-state index < -0.39 is 41.8 Å². The van der Waals surface area contributed by atoms with Crippen molar-refractivity contribution in [3.8, 4) is 0 Å². The van der Waals surface area contributed by atoms with Crippen LogP contribution in [0.15, 0.2) is 23.7 Å². The Balaban J connectivity index is 2.57. The SMILES string of the molecule is CN(C)[P+](ON1C2=CC=C(F)C(F)(F)C2(F)N(F)N1F)(N(C)C)N(C)C. The number of hydrogen-bond acceptors (Lipinski definition) is 7. The summed E-state index contributed by atoms with van der Waals surface area (Å²) in [7, 11) is 6.28. The minimum absolute atomic E-state index is 0.0787. The molecule has 1 fully saturated rings. The maximum atomic E-state index is 14.9. The highest BCUT2D eigenvalue weighted by molar-refractivity contribution is 7.64. The second kappa shape index (κ2) is 6.59. The summed E-state index contributed by atoms with van der Waals surface area (Å²) in [4.78, 5) is 0. The predicted octanol–water partition coefficient (Wildman–Crippen LogP) is 2.85. The van der Waals surface area contributed by atoms with Crippen LogP contribution in [0, 0.1) is 0 Å². The first-order valence-electron chi connectivity index (χ1n) is 7.25. The molecule has 1 atom stereocenters. The fourth-order valence-corrected chi connectivity index (χ4v) is 5.77. The average molecular weight is 409 g/mol. The number of hydroxylamine groups is 1. The number of fused-ring (bicyclic) bond motifs is 1. The Morgan fingerprint density at radius 3 is 1.81 bits per heavy atom. The molecular formula is C12H20F6N6OP+. The lowest BCUT2D eigenvalue weighted by Crippen LogP contribution is -2.54. The average Bonchev–Trinajstić information content (AvgIpc) is 2.70. The molecule has 1 saturated heterocycles. The molecule has 0 saturated carbocycles. The summed E-state index contributed by atoms with van der Waals surface area (Å²) in [6, 6.07) is 0. The van der Waals surface area contributed by atoms with Crippen molar-refractivity contribution >= 4 is 7.94 Å². The number of hydrogen-bond donors (Lipinski definition) is 0. The monoisotopic (exact) mass is 409 g/mol. The van der Waals surface area contributed by atoms with Crippen LogP contribution in [0.5, 0.6) is 0 Å². The van der Waals surface area contributed by atoms with Crippen molar-refractivity contribution in [3.05, 3.63) is 23.7 Å². The van der Waals surface area contributed by atoms with Crippen LogP contribution in [0.4, 0.5) is 26.5 Å². The van der Waals surface area contributed by atoms with E-state index in [0.717, 1.165) is 0 Å². The maximum absolute atomic E-state index is 14.9. The molecular weight excluding hydrogens is 389 g/mol. The Hall–Kier alpha value is -0.950. The molecule has 7 nitrogen and oxygen atoms in total. The van der Waals surface area contributed by atoms with Crippen LogP contribution >= 0.6 is 7.94 Å². The van der Waals surface area contributed by atoms with E-state index in [1.54, 1.807) is 42.3 Å². The molecule has 0 aromatic rings. The van der Waals surface area contributed by atoms with Gasteiger partial charge in [0.15, 0.2) is 5.83 Å². The van der Waals surface area contributed by atoms with Gasteiger partial charge < -0.3 is 0 Å². The van der Waals surface area contributed by atoms with Crippen LogP contribution in [-0.4, -0.2) is 83.8 Å². The van der Waals surface area contributed by atoms with Gasteiger partial charge in [0.05, 0.1) is 5.34 Å². The Morgan fingerprint density at radius 2 is 1.38 bits per heavy atom. The predicted molar refractivity (Wildman–Crippen MR) is 82.9 cm³/mol. The molecule has 26 heavy (non-hydrogen) atoms. The van der Waals surface area contributed by atoms with Gasteiger partial charge in [-0.1, -0.05) is 9.65 Å². The lowest BCUT2D eigenvalue weighted by atomic mass is 9.98. The Labute approximate surface area is 147 Å². The number of alkyl halides is 3. The van der Waals surface area contributed by atoms with Crippen molar-refractivity contribution in [2.75, 3.05) is 42.3 Å². The minimum atomic E-state index is -4.97. The summed E-state index contributed by atoms with van der Waals surface area (Å²) < 4.78 is 94.8. The second-order valence-corrected chi connectivity index (χ2v) is 9.76. The van der Waals surface area contributed by atoms with Crippen molar-refractivity contribution in [2.45, 2.75) is 11.7 Å². The number of hydrazine groups is 2. The van der Waals surface area contributed by atoms with Gasteiger partial charge in [0.2, 0.25) is 0 Å². The number of allylic oxidation sites excluding steroid dienone is 2. The zero-order valence-electron chi connectivity index (χ0n) is 15.0. The van der Waals surface area contributed by atoms with Crippen LogP contribution in [0.25, 0.3) is 0 Å². The van der Waals surface area contributed by atoms with Crippen molar-refractivity contribution < 1.29 is 31.1 Å². The second-order valence-electron chi connectivity index (χ2n) is 6.17. The van der Waals surface area contributed by atoms with E-state index in [1.165, 1.54) is 14.0 Å². The first-order valence-corrected chi connectivity index (χ1v) is 8.82. The highest BCUT2D eigenvalue weighted by Crippen LogP contribution is 2.67. The summed E-state index contributed by atoms with van der Waals surface area (Å²) in [6.45, 7) is 0. The van der Waals surface area contributed by atoms with E-state index in [1.807, 2.05) is 0 Å². The fourth-order valence-electron chi connectivity index (χ4n) is 2.83. The molecule has 0 amide bonds. The quantitative estimate of drug-likeness (QED) is 0.299. The third-order valence-corrected chi connectivity index (χ3v) is 7.45. The normalized spacial score (nSPS) is 27.4. The van der Waals surface area contributed by atoms with Gasteiger partial charge in [-0.05, 0) is 16.8 Å². The number of rotatable bonds is 5. The largest absolute Gasteiger partial charge is 0.403 e. The third-order valence-electron chi connectivity index (χ3n) is 3.95. The smallest absolute Gasteiger partial charge is 0.207 e. The first-order chi connectivity index (χ1) is 11.8. The molecule has 1 aliphatic carbocycles. The number of nitrogens with zero attached hydrogens (tertiary/aromatic N) is 6. The summed E-state index contributed by atoms with van der Waals surface area (Å²) >= 11 is 0. The van der Waals surface area contributed by atoms with Crippen LogP contribution in [-0.2, 0) is 4.62 Å². The molecule has 0 radical (unpaired) electrons. The van der Waals surface area contributed by atoms with E-state index in [2.05, 4.69) is 0 Å². The van der Waals surface area contributed by atoms with Crippen molar-refractivity contribution in [1.82, 2.24) is 29.8 Å².